The number of allylic oxidation sites excluding steroid dienone is 4. The van der Waals surface area contributed by atoms with Crippen LogP contribution in [0.2, 0.25) is 0 Å². The average Bonchev–Trinajstić information content (AvgIpc) is 3.59. The predicted octanol–water partition coefficient (Wildman–Crippen LogP) is 14.5. The average molecular weight is 921 g/mol. The van der Waals surface area contributed by atoms with E-state index >= 15 is 0 Å². The van der Waals surface area contributed by atoms with Crippen LogP contribution in [0.15, 0.2) is 259 Å². The highest BCUT2D eigenvalue weighted by molar-refractivity contribution is 7.17. The van der Waals surface area contributed by atoms with E-state index in [0.717, 1.165) is 38.5 Å². The second-order valence-electron chi connectivity index (χ2n) is 19.8. The van der Waals surface area contributed by atoms with Crippen LogP contribution in [-0.4, -0.2) is 8.07 Å². The Labute approximate surface area is 418 Å². The molecule has 344 valence electrons. The van der Waals surface area contributed by atoms with Crippen molar-refractivity contribution < 1.29 is 0 Å². The lowest BCUT2D eigenvalue weighted by Crippen LogP contribution is -2.72. The summed E-state index contributed by atoms with van der Waals surface area (Å²) < 4.78 is 0. The van der Waals surface area contributed by atoms with Crippen molar-refractivity contribution in [2.75, 3.05) is 0 Å². The van der Waals surface area contributed by atoms with Crippen molar-refractivity contribution in [2.24, 2.45) is 5.92 Å². The van der Waals surface area contributed by atoms with Gasteiger partial charge in [-0.1, -0.05) is 260 Å². The van der Waals surface area contributed by atoms with E-state index in [9.17, 15) is 0 Å². The Morgan fingerprint density at radius 1 is 0.286 bits per heavy atom. The number of benzene rings is 9. The van der Waals surface area contributed by atoms with Crippen LogP contribution in [0.4, 0.5) is 0 Å². The molecule has 1 heteroatoms. The van der Waals surface area contributed by atoms with Crippen molar-refractivity contribution in [1.29, 1.82) is 0 Å². The molecule has 0 saturated carbocycles. The lowest BCUT2D eigenvalue weighted by atomic mass is 9.99. The van der Waals surface area contributed by atoms with E-state index in [0.29, 0.717) is 0 Å². The largest absolute Gasteiger partial charge is 0.177 e. The molecule has 1 unspecified atom stereocenters. The zero-order chi connectivity index (χ0) is 47.9. The molecule has 0 bridgehead atoms. The lowest BCUT2D eigenvalue weighted by molar-refractivity contribution is 0.851. The highest BCUT2D eigenvalue weighted by Gasteiger charge is 2.51. The molecular weight excluding hydrogens is 857 g/mol. The van der Waals surface area contributed by atoms with Gasteiger partial charge in [-0.25, -0.2) is 0 Å². The molecule has 0 radical (unpaired) electrons. The van der Waals surface area contributed by atoms with Crippen LogP contribution >= 0.6 is 0 Å². The molecule has 0 heterocycles. The molecule has 0 amide bonds. The van der Waals surface area contributed by atoms with E-state index in [1.807, 2.05) is 0 Å². The molecule has 0 aliphatic heterocycles. The Balaban J connectivity index is 1.39. The second-order valence-corrected chi connectivity index (χ2v) is 23.4. The molecule has 0 saturated heterocycles. The maximum absolute atomic E-state index is 3.40. The number of hydrogen-bond donors (Lipinski definition) is 0. The van der Waals surface area contributed by atoms with Crippen LogP contribution in [0.1, 0.15) is 94.5 Å². The summed E-state index contributed by atoms with van der Waals surface area (Å²) in [7, 11) is -3.40. The summed E-state index contributed by atoms with van der Waals surface area (Å²) in [4.78, 5) is 0. The molecule has 0 fully saturated rings. The van der Waals surface area contributed by atoms with Crippen molar-refractivity contribution >= 4 is 23.6 Å². The third-order valence-corrected chi connectivity index (χ3v) is 20.7. The molecule has 0 nitrogen and oxygen atoms in total. The zero-order valence-electron chi connectivity index (χ0n) is 41.3. The molecule has 70 heavy (non-hydrogen) atoms. The van der Waals surface area contributed by atoms with Gasteiger partial charge in [0.2, 0.25) is 0 Å². The van der Waals surface area contributed by atoms with E-state index < -0.39 is 8.07 Å². The Morgan fingerprint density at radius 2 is 0.543 bits per heavy atom. The van der Waals surface area contributed by atoms with Crippen LogP contribution in [0.5, 0.6) is 0 Å². The van der Waals surface area contributed by atoms with E-state index in [-0.39, 0.29) is 5.92 Å². The van der Waals surface area contributed by atoms with Crippen molar-refractivity contribution in [3.63, 3.8) is 0 Å². The predicted molar refractivity (Wildman–Crippen MR) is 300 cm³/mol. The maximum Gasteiger partial charge on any atom is 0.177 e. The molecule has 10 rings (SSSR count). The molecule has 9 aromatic carbocycles. The van der Waals surface area contributed by atoms with Gasteiger partial charge in [-0.3, -0.25) is 0 Å². The molecule has 1 atom stereocenters. The van der Waals surface area contributed by atoms with E-state index in [1.54, 1.807) is 5.20 Å². The standard InChI is InChI=1S/C69H64Si/c1-50-51(2)53(4)69(52(50)3)70(66-47-60(41-54-23-11-5-12-24-54)35-38-63(66)44-57-29-17-8-18-30-57,67-48-61(42-55-25-13-6-14-26-55)36-39-64(67)45-58-31-19-9-20-32-58)68-49-62(43-56-27-15-7-16-28-56)37-40-65(68)46-59-33-21-10-22-34-59/h5-40,47-49,52H,41-46H2,1-4H3. The minimum absolute atomic E-state index is 0.235. The third kappa shape index (κ3) is 9.91. The molecular formula is C69H64Si. The first-order valence-corrected chi connectivity index (χ1v) is 27.3. The second kappa shape index (κ2) is 21.1. The monoisotopic (exact) mass is 920 g/mol. The van der Waals surface area contributed by atoms with Crippen molar-refractivity contribution in [2.45, 2.75) is 66.2 Å². The van der Waals surface area contributed by atoms with Crippen LogP contribution in [0.3, 0.4) is 0 Å². The summed E-state index contributed by atoms with van der Waals surface area (Å²) in [5.41, 5.74) is 20.7. The van der Waals surface area contributed by atoms with Crippen molar-refractivity contribution in [3.05, 3.63) is 325 Å². The summed E-state index contributed by atoms with van der Waals surface area (Å²) in [5, 5.41) is 6.19. The number of hydrogen-bond acceptors (Lipinski definition) is 0. The molecule has 1 aliphatic rings. The van der Waals surface area contributed by atoms with Gasteiger partial charge in [-0.05, 0) is 153 Å². The summed E-state index contributed by atoms with van der Waals surface area (Å²) in [6, 6.07) is 90.0. The van der Waals surface area contributed by atoms with Gasteiger partial charge in [-0.2, -0.15) is 0 Å². The summed E-state index contributed by atoms with van der Waals surface area (Å²) >= 11 is 0. The Bertz CT molecular complexity index is 2940. The van der Waals surface area contributed by atoms with Crippen LogP contribution < -0.4 is 15.6 Å². The van der Waals surface area contributed by atoms with Gasteiger partial charge < -0.3 is 0 Å². The first kappa shape index (κ1) is 46.4. The first-order chi connectivity index (χ1) is 34.3. The molecule has 9 aromatic rings. The van der Waals surface area contributed by atoms with Gasteiger partial charge in [0.05, 0.1) is 0 Å². The van der Waals surface area contributed by atoms with Crippen LogP contribution in [0, 0.1) is 5.92 Å². The lowest BCUT2D eigenvalue weighted by Gasteiger charge is -2.43. The van der Waals surface area contributed by atoms with Crippen LogP contribution in [-0.2, 0) is 38.5 Å². The fourth-order valence-corrected chi connectivity index (χ4v) is 18.0. The molecule has 1 aliphatic carbocycles. The highest BCUT2D eigenvalue weighted by Crippen LogP contribution is 2.43. The first-order valence-electron chi connectivity index (χ1n) is 25.3. The summed E-state index contributed by atoms with van der Waals surface area (Å²) in [5.74, 6) is 0.235. The normalized spacial score (nSPS) is 13.8. The quantitative estimate of drug-likeness (QED) is 0.0669. The molecule has 0 N–H and O–H groups in total. The van der Waals surface area contributed by atoms with E-state index in [2.05, 4.69) is 264 Å². The van der Waals surface area contributed by atoms with E-state index in [1.165, 1.54) is 99.0 Å². The fraction of sp³-hybridized carbons (Fsp3) is 0.159. The van der Waals surface area contributed by atoms with Gasteiger partial charge in [-0.15, -0.1) is 0 Å². The maximum atomic E-state index is 2.71. The van der Waals surface area contributed by atoms with Crippen LogP contribution in [0.25, 0.3) is 0 Å². The van der Waals surface area contributed by atoms with Gasteiger partial charge >= 0.3 is 0 Å². The Hall–Kier alpha value is -7.32. The zero-order valence-corrected chi connectivity index (χ0v) is 42.3. The topological polar surface area (TPSA) is 0 Å². The van der Waals surface area contributed by atoms with E-state index in [4.69, 9.17) is 0 Å². The van der Waals surface area contributed by atoms with Crippen molar-refractivity contribution in [3.8, 4) is 0 Å². The van der Waals surface area contributed by atoms with Gasteiger partial charge in [0.25, 0.3) is 0 Å². The minimum Gasteiger partial charge on any atom is -0.0636 e. The molecule has 0 spiro atoms. The summed E-state index contributed by atoms with van der Waals surface area (Å²) in [6.07, 6.45) is 5.13. The van der Waals surface area contributed by atoms with Crippen molar-refractivity contribution in [1.82, 2.24) is 0 Å². The Kier molecular flexibility index (Phi) is 14.0. The molecule has 0 aromatic heterocycles. The third-order valence-electron chi connectivity index (χ3n) is 15.2. The fourth-order valence-electron chi connectivity index (χ4n) is 11.5. The van der Waals surface area contributed by atoms with Gasteiger partial charge in [0, 0.05) is 0 Å². The SMILES string of the molecule is CC1=C(C)C(C)C([Si](c2cc(Cc3ccccc3)ccc2Cc2ccccc2)(c2cc(Cc3ccccc3)ccc2Cc2ccccc2)c2cc(Cc3ccccc3)ccc2Cc2ccccc2)=C1C. The summed E-state index contributed by atoms with van der Waals surface area (Å²) in [6.45, 7) is 9.82. The number of rotatable bonds is 16. The Morgan fingerprint density at radius 3 is 0.786 bits per heavy atom. The highest BCUT2D eigenvalue weighted by atomic mass is 28.3. The smallest absolute Gasteiger partial charge is 0.0636 e. The van der Waals surface area contributed by atoms with Gasteiger partial charge in [0.15, 0.2) is 8.07 Å². The minimum atomic E-state index is -3.40. The van der Waals surface area contributed by atoms with Gasteiger partial charge in [0.1, 0.15) is 0 Å².